The van der Waals surface area contributed by atoms with Crippen molar-refractivity contribution in [1.29, 1.82) is 0 Å². The average molecular weight is 581 g/mol. The second kappa shape index (κ2) is 7.44. The summed E-state index contributed by atoms with van der Waals surface area (Å²) in [5.41, 5.74) is 14.3. The molecular formula is C33H22ClI. The van der Waals surface area contributed by atoms with Crippen molar-refractivity contribution in [3.63, 3.8) is 0 Å². The van der Waals surface area contributed by atoms with E-state index in [0.717, 1.165) is 11.5 Å². The lowest BCUT2D eigenvalue weighted by molar-refractivity contribution is 0.729. The molecule has 0 aliphatic heterocycles. The van der Waals surface area contributed by atoms with Crippen molar-refractivity contribution < 1.29 is 0 Å². The van der Waals surface area contributed by atoms with E-state index >= 15 is 0 Å². The number of allylic oxidation sites excluding steroid dienone is 4. The van der Waals surface area contributed by atoms with Crippen molar-refractivity contribution in [2.24, 2.45) is 0 Å². The van der Waals surface area contributed by atoms with Crippen molar-refractivity contribution in [3.05, 3.63) is 161 Å². The molecule has 0 radical (unpaired) electrons. The molecule has 4 aromatic carbocycles. The average Bonchev–Trinajstić information content (AvgIpc) is 3.12. The Bertz CT molecular complexity index is 1570. The summed E-state index contributed by atoms with van der Waals surface area (Å²) in [7, 11) is 0. The largest absolute Gasteiger partial charge is 0.0878 e. The molecule has 0 heterocycles. The second-order valence-electron chi connectivity index (χ2n) is 10.2. The molecule has 10 rings (SSSR count). The van der Waals surface area contributed by atoms with E-state index in [4.69, 9.17) is 11.6 Å². The first-order valence-electron chi connectivity index (χ1n) is 12.4. The van der Waals surface area contributed by atoms with E-state index in [0.29, 0.717) is 5.92 Å². The fraction of sp³-hybridized carbons (Fsp3) is 0.152. The molecular weight excluding hydrogens is 559 g/mol. The van der Waals surface area contributed by atoms with Gasteiger partial charge in [-0.05, 0) is 84.7 Å². The van der Waals surface area contributed by atoms with Crippen molar-refractivity contribution in [3.8, 4) is 0 Å². The standard InChI is InChI=1S/C33H22ClI/c34-32-29-24-15-7-5-13-22(24)28(23-14-6-8-16-25(23)29)30(32)31-27-19-10-2-1-9-18(19)17-26(33(31)35)20-11-3-4-12-21(20)27/h1-16,26-29H,17H2/t26-,27-,28?,29?/m1/s1. The zero-order valence-corrected chi connectivity index (χ0v) is 21.9. The Morgan fingerprint density at radius 1 is 0.514 bits per heavy atom. The van der Waals surface area contributed by atoms with Crippen molar-refractivity contribution >= 4 is 34.2 Å². The summed E-state index contributed by atoms with van der Waals surface area (Å²) >= 11 is 10.2. The molecule has 6 aliphatic carbocycles. The third-order valence-electron chi connectivity index (χ3n) is 8.65. The van der Waals surface area contributed by atoms with Gasteiger partial charge in [0.2, 0.25) is 0 Å². The van der Waals surface area contributed by atoms with Gasteiger partial charge in [0.25, 0.3) is 0 Å². The molecule has 0 nitrogen and oxygen atoms in total. The maximum Gasteiger partial charge on any atom is 0.0456 e. The molecule has 0 spiro atoms. The molecule has 0 saturated heterocycles. The van der Waals surface area contributed by atoms with Crippen LogP contribution in [0.3, 0.4) is 0 Å². The summed E-state index contributed by atoms with van der Waals surface area (Å²) in [6, 6.07) is 36.1. The van der Waals surface area contributed by atoms with E-state index in [1.54, 1.807) is 0 Å². The lowest BCUT2D eigenvalue weighted by Gasteiger charge is -2.45. The fourth-order valence-electron chi connectivity index (χ4n) is 7.31. The van der Waals surface area contributed by atoms with Gasteiger partial charge in [-0.3, -0.25) is 0 Å². The molecule has 2 atom stereocenters. The highest BCUT2D eigenvalue weighted by Gasteiger charge is 2.48. The lowest BCUT2D eigenvalue weighted by Crippen LogP contribution is -2.30. The molecule has 0 fully saturated rings. The van der Waals surface area contributed by atoms with Gasteiger partial charge in [-0.25, -0.2) is 0 Å². The second-order valence-corrected chi connectivity index (χ2v) is 11.7. The van der Waals surface area contributed by atoms with Crippen LogP contribution in [-0.2, 0) is 6.42 Å². The minimum absolute atomic E-state index is 0.119. The first-order valence-corrected chi connectivity index (χ1v) is 13.8. The van der Waals surface area contributed by atoms with Crippen LogP contribution in [0.5, 0.6) is 0 Å². The minimum Gasteiger partial charge on any atom is -0.0878 e. The number of halogens is 2. The van der Waals surface area contributed by atoms with Gasteiger partial charge >= 0.3 is 0 Å². The highest BCUT2D eigenvalue weighted by Crippen LogP contribution is 2.63. The Morgan fingerprint density at radius 3 is 1.54 bits per heavy atom. The topological polar surface area (TPSA) is 0 Å². The van der Waals surface area contributed by atoms with Crippen LogP contribution in [0.2, 0.25) is 0 Å². The fourth-order valence-corrected chi connectivity index (χ4v) is 8.91. The quantitative estimate of drug-likeness (QED) is 0.197. The lowest BCUT2D eigenvalue weighted by atomic mass is 9.60. The first kappa shape index (κ1) is 20.6. The van der Waals surface area contributed by atoms with Gasteiger partial charge in [-0.15, -0.1) is 0 Å². The van der Waals surface area contributed by atoms with Crippen LogP contribution in [0, 0.1) is 0 Å². The van der Waals surface area contributed by atoms with E-state index in [2.05, 4.69) is 120 Å². The number of rotatable bonds is 1. The van der Waals surface area contributed by atoms with E-state index in [1.807, 2.05) is 0 Å². The van der Waals surface area contributed by atoms with Crippen LogP contribution in [0.15, 0.2) is 117 Å². The third-order valence-corrected chi connectivity index (χ3v) is 10.4. The monoisotopic (exact) mass is 580 g/mol. The highest BCUT2D eigenvalue weighted by atomic mass is 127. The Hall–Kier alpha value is -2.62. The van der Waals surface area contributed by atoms with Gasteiger partial charge in [0.1, 0.15) is 0 Å². The number of hydrogen-bond donors (Lipinski definition) is 0. The molecule has 0 N–H and O–H groups in total. The highest BCUT2D eigenvalue weighted by molar-refractivity contribution is 14.1. The van der Waals surface area contributed by atoms with E-state index in [1.165, 1.54) is 59.2 Å². The number of hydrogen-bond acceptors (Lipinski definition) is 0. The van der Waals surface area contributed by atoms with Crippen LogP contribution in [-0.4, -0.2) is 0 Å². The van der Waals surface area contributed by atoms with Gasteiger partial charge in [0.15, 0.2) is 0 Å². The first-order chi connectivity index (χ1) is 17.2. The summed E-state index contributed by atoms with van der Waals surface area (Å²) in [5, 5.41) is 1.03. The van der Waals surface area contributed by atoms with Crippen LogP contribution in [0.25, 0.3) is 0 Å². The molecule has 0 unspecified atom stereocenters. The van der Waals surface area contributed by atoms with E-state index in [9.17, 15) is 0 Å². The minimum atomic E-state index is 0.119. The molecule has 4 bridgehead atoms. The molecule has 0 amide bonds. The summed E-state index contributed by atoms with van der Waals surface area (Å²) in [6.45, 7) is 0. The van der Waals surface area contributed by atoms with Gasteiger partial charge in [0.05, 0.1) is 0 Å². The molecule has 2 heteroatoms. The van der Waals surface area contributed by atoms with E-state index < -0.39 is 0 Å². The van der Waals surface area contributed by atoms with E-state index in [-0.39, 0.29) is 17.8 Å². The predicted octanol–water partition coefficient (Wildman–Crippen LogP) is 8.94. The van der Waals surface area contributed by atoms with Crippen LogP contribution >= 0.6 is 34.2 Å². The Balaban J connectivity index is 1.45. The van der Waals surface area contributed by atoms with Crippen LogP contribution < -0.4 is 0 Å². The molecule has 168 valence electrons. The Morgan fingerprint density at radius 2 is 0.943 bits per heavy atom. The van der Waals surface area contributed by atoms with Gasteiger partial charge in [-0.2, -0.15) is 0 Å². The molecule has 4 aromatic rings. The van der Waals surface area contributed by atoms with Gasteiger partial charge in [-0.1, -0.05) is 109 Å². The molecule has 0 saturated carbocycles. The predicted molar refractivity (Wildman–Crippen MR) is 152 cm³/mol. The smallest absolute Gasteiger partial charge is 0.0456 e. The normalized spacial score (nSPS) is 25.1. The molecule has 6 aliphatic rings. The number of fused-ring (bicyclic) bond motifs is 1. The Kier molecular flexibility index (Phi) is 4.37. The Labute approximate surface area is 224 Å². The van der Waals surface area contributed by atoms with Crippen LogP contribution in [0.4, 0.5) is 0 Å². The van der Waals surface area contributed by atoms with Gasteiger partial charge < -0.3 is 0 Å². The maximum atomic E-state index is 7.52. The maximum absolute atomic E-state index is 7.52. The van der Waals surface area contributed by atoms with Crippen molar-refractivity contribution in [1.82, 2.24) is 0 Å². The van der Waals surface area contributed by atoms with Crippen LogP contribution in [0.1, 0.15) is 68.2 Å². The van der Waals surface area contributed by atoms with Crippen molar-refractivity contribution in [2.75, 3.05) is 0 Å². The summed E-state index contributed by atoms with van der Waals surface area (Å²) in [5.74, 6) is 0.895. The summed E-state index contributed by atoms with van der Waals surface area (Å²) in [6.07, 6.45) is 1.05. The summed E-state index contributed by atoms with van der Waals surface area (Å²) < 4.78 is 1.47. The zero-order valence-electron chi connectivity index (χ0n) is 19.0. The SMILES string of the molecule is ClC1=C(C2=C(I)[C@@H]3Cc4ccccc4[C@@H]2c2ccccc23)C2c3ccccc3C1c1ccccc12. The third kappa shape index (κ3) is 2.64. The molecule has 0 aromatic heterocycles. The molecule has 35 heavy (non-hydrogen) atoms. The summed E-state index contributed by atoms with van der Waals surface area (Å²) in [4.78, 5) is 0. The van der Waals surface area contributed by atoms with Gasteiger partial charge in [0, 0.05) is 32.3 Å². The van der Waals surface area contributed by atoms with Crippen molar-refractivity contribution in [2.45, 2.75) is 30.1 Å². The zero-order chi connectivity index (χ0) is 23.3. The number of benzene rings is 4.